The van der Waals surface area contributed by atoms with Gasteiger partial charge in [0, 0.05) is 0 Å². The van der Waals surface area contributed by atoms with Crippen LogP contribution < -0.4 is 5.32 Å². The zero-order chi connectivity index (χ0) is 19.9. The van der Waals surface area contributed by atoms with Crippen LogP contribution in [-0.4, -0.2) is 37.6 Å². The fourth-order valence-electron chi connectivity index (χ4n) is 2.10. The van der Waals surface area contributed by atoms with Crippen LogP contribution in [0.2, 0.25) is 0 Å². The summed E-state index contributed by atoms with van der Waals surface area (Å²) in [6, 6.07) is 2.76. The van der Waals surface area contributed by atoms with Crippen molar-refractivity contribution in [1.82, 2.24) is 5.32 Å². The molecule has 1 rings (SSSR count). The van der Waals surface area contributed by atoms with E-state index in [1.54, 1.807) is 0 Å². The minimum atomic E-state index is -4.60. The van der Waals surface area contributed by atoms with Gasteiger partial charge in [-0.2, -0.15) is 13.2 Å². The number of nitrogens with one attached hydrogen (secondary N) is 1. The number of carbonyl (C=O) groups excluding carboxylic acids is 3. The van der Waals surface area contributed by atoms with E-state index in [0.717, 1.165) is 18.2 Å². The third kappa shape index (κ3) is 6.73. The van der Waals surface area contributed by atoms with Gasteiger partial charge >= 0.3 is 18.1 Å². The number of ether oxygens (including phenoxy) is 2. The summed E-state index contributed by atoms with van der Waals surface area (Å²) in [4.78, 5) is 35.3. The minimum absolute atomic E-state index is 0.0899. The van der Waals surface area contributed by atoms with Gasteiger partial charge in [-0.3, -0.25) is 4.79 Å². The molecule has 1 aromatic rings. The fraction of sp³-hybridized carbons (Fsp3) is 0.471. The summed E-state index contributed by atoms with van der Waals surface area (Å²) >= 11 is 0. The molecule has 0 spiro atoms. The summed E-state index contributed by atoms with van der Waals surface area (Å²) < 4.78 is 47.2. The maximum absolute atomic E-state index is 12.6. The number of hydrogen-bond acceptors (Lipinski definition) is 5. The average Bonchev–Trinajstić information content (AvgIpc) is 2.57. The third-order valence-electron chi connectivity index (χ3n) is 3.29. The molecule has 6 nitrogen and oxygen atoms in total. The number of carbonyl (C=O) groups is 3. The van der Waals surface area contributed by atoms with E-state index >= 15 is 0 Å². The number of rotatable bonds is 7. The lowest BCUT2D eigenvalue weighted by Gasteiger charge is -2.18. The van der Waals surface area contributed by atoms with Crippen LogP contribution in [0.25, 0.3) is 0 Å². The highest BCUT2D eigenvalue weighted by Gasteiger charge is 2.31. The molecule has 0 fully saturated rings. The maximum atomic E-state index is 12.6. The molecule has 0 aliphatic rings. The predicted molar refractivity (Wildman–Crippen MR) is 85.1 cm³/mol. The number of alkyl halides is 3. The van der Waals surface area contributed by atoms with E-state index in [1.807, 2.05) is 13.8 Å². The predicted octanol–water partition coefficient (Wildman–Crippen LogP) is 2.57. The Hall–Kier alpha value is -2.58. The number of halogens is 3. The van der Waals surface area contributed by atoms with E-state index in [1.165, 1.54) is 7.11 Å². The van der Waals surface area contributed by atoms with Crippen LogP contribution in [-0.2, 0) is 25.2 Å². The molecule has 9 heteroatoms. The Morgan fingerprint density at radius 1 is 1.19 bits per heavy atom. The number of benzene rings is 1. The van der Waals surface area contributed by atoms with Crippen molar-refractivity contribution in [3.63, 3.8) is 0 Å². The monoisotopic (exact) mass is 375 g/mol. The first-order chi connectivity index (χ1) is 12.0. The molecule has 0 heterocycles. The highest BCUT2D eigenvalue weighted by Crippen LogP contribution is 2.29. The van der Waals surface area contributed by atoms with Crippen LogP contribution in [0.15, 0.2) is 24.3 Å². The second-order valence-electron chi connectivity index (χ2n) is 5.93. The summed E-state index contributed by atoms with van der Waals surface area (Å²) in [5.41, 5.74) is -1.33. The lowest BCUT2D eigenvalue weighted by molar-refractivity contribution is -0.145. The second-order valence-corrected chi connectivity index (χ2v) is 5.93. The van der Waals surface area contributed by atoms with Crippen LogP contribution in [0.3, 0.4) is 0 Å². The Morgan fingerprint density at radius 2 is 1.85 bits per heavy atom. The first kappa shape index (κ1) is 21.5. The molecule has 0 aromatic heterocycles. The Bertz CT molecular complexity index is 658. The summed E-state index contributed by atoms with van der Waals surface area (Å²) in [5.74, 6) is -2.39. The highest BCUT2D eigenvalue weighted by molar-refractivity contribution is 5.92. The Kier molecular flexibility index (Phi) is 7.60. The summed E-state index contributed by atoms with van der Waals surface area (Å²) in [7, 11) is 1.18. The topological polar surface area (TPSA) is 81.7 Å². The number of amides is 1. The average molecular weight is 375 g/mol. The molecule has 0 aliphatic heterocycles. The molecule has 26 heavy (non-hydrogen) atoms. The molecule has 0 bridgehead atoms. The van der Waals surface area contributed by atoms with E-state index in [9.17, 15) is 27.6 Å². The van der Waals surface area contributed by atoms with Gasteiger partial charge in [-0.25, -0.2) is 9.59 Å². The van der Waals surface area contributed by atoms with Crippen LogP contribution in [0.1, 0.15) is 36.2 Å². The van der Waals surface area contributed by atoms with Gasteiger partial charge in [-0.1, -0.05) is 19.9 Å². The van der Waals surface area contributed by atoms with Gasteiger partial charge in [0.25, 0.3) is 5.91 Å². The molecular formula is C17H20F3NO5. The van der Waals surface area contributed by atoms with Crippen LogP contribution in [0, 0.1) is 5.92 Å². The van der Waals surface area contributed by atoms with Gasteiger partial charge in [-0.05, 0) is 30.5 Å². The Morgan fingerprint density at radius 3 is 2.38 bits per heavy atom. The van der Waals surface area contributed by atoms with Crippen molar-refractivity contribution in [2.75, 3.05) is 13.7 Å². The smallest absolute Gasteiger partial charge is 0.416 e. The van der Waals surface area contributed by atoms with Gasteiger partial charge in [0.15, 0.2) is 6.61 Å². The van der Waals surface area contributed by atoms with E-state index in [0.29, 0.717) is 12.5 Å². The highest BCUT2D eigenvalue weighted by atomic mass is 19.4. The van der Waals surface area contributed by atoms with Gasteiger partial charge in [0.05, 0.1) is 18.2 Å². The number of methoxy groups -OCH3 is 1. The van der Waals surface area contributed by atoms with Crippen LogP contribution in [0.5, 0.6) is 0 Å². The largest absolute Gasteiger partial charge is 0.467 e. The maximum Gasteiger partial charge on any atom is 0.416 e. The molecule has 1 amide bonds. The van der Waals surface area contributed by atoms with Crippen molar-refractivity contribution in [2.24, 2.45) is 5.92 Å². The van der Waals surface area contributed by atoms with Gasteiger partial charge in [0.2, 0.25) is 0 Å². The third-order valence-corrected chi connectivity index (χ3v) is 3.29. The molecule has 144 valence electrons. The standard InChI is InChI=1S/C17H20F3NO5/c1-10(2)7-13(16(24)25-3)21-14(22)9-26-15(23)11-5-4-6-12(8-11)17(18,19)20/h4-6,8,10,13H,7,9H2,1-3H3,(H,21,22)/t13-/m0/s1. The first-order valence-electron chi connectivity index (χ1n) is 7.76. The van der Waals surface area contributed by atoms with Crippen LogP contribution in [0.4, 0.5) is 13.2 Å². The molecule has 0 radical (unpaired) electrons. The Labute approximate surface area is 148 Å². The molecule has 0 unspecified atom stereocenters. The molecular weight excluding hydrogens is 355 g/mol. The quantitative estimate of drug-likeness (QED) is 0.741. The van der Waals surface area contributed by atoms with E-state index in [4.69, 9.17) is 4.74 Å². The van der Waals surface area contributed by atoms with Crippen molar-refractivity contribution < 1.29 is 37.0 Å². The van der Waals surface area contributed by atoms with Crippen molar-refractivity contribution in [1.29, 1.82) is 0 Å². The zero-order valence-corrected chi connectivity index (χ0v) is 14.6. The van der Waals surface area contributed by atoms with E-state index in [-0.39, 0.29) is 11.5 Å². The number of esters is 2. The molecule has 0 aliphatic carbocycles. The van der Waals surface area contributed by atoms with Gasteiger partial charge < -0.3 is 14.8 Å². The SMILES string of the molecule is COC(=O)[C@H](CC(C)C)NC(=O)COC(=O)c1cccc(C(F)(F)F)c1. The molecule has 1 atom stereocenters. The van der Waals surface area contributed by atoms with Gasteiger partial charge in [0.1, 0.15) is 6.04 Å². The molecule has 0 saturated heterocycles. The molecule has 1 aromatic carbocycles. The van der Waals surface area contributed by atoms with Crippen LogP contribution >= 0.6 is 0 Å². The molecule has 1 N–H and O–H groups in total. The van der Waals surface area contributed by atoms with Crippen molar-refractivity contribution in [2.45, 2.75) is 32.5 Å². The van der Waals surface area contributed by atoms with E-state index < -0.39 is 42.2 Å². The van der Waals surface area contributed by atoms with Gasteiger partial charge in [-0.15, -0.1) is 0 Å². The van der Waals surface area contributed by atoms with E-state index in [2.05, 4.69) is 10.1 Å². The Balaban J connectivity index is 2.66. The summed E-state index contributed by atoms with van der Waals surface area (Å²) in [6.07, 6.45) is -4.28. The first-order valence-corrected chi connectivity index (χ1v) is 7.76. The molecule has 0 saturated carbocycles. The lowest BCUT2D eigenvalue weighted by Crippen LogP contribution is -2.44. The normalized spacial score (nSPS) is 12.4. The number of hydrogen-bond donors (Lipinski definition) is 1. The van der Waals surface area contributed by atoms with Crippen molar-refractivity contribution in [3.8, 4) is 0 Å². The van der Waals surface area contributed by atoms with Crippen molar-refractivity contribution in [3.05, 3.63) is 35.4 Å². The fourth-order valence-corrected chi connectivity index (χ4v) is 2.10. The zero-order valence-electron chi connectivity index (χ0n) is 14.6. The van der Waals surface area contributed by atoms with Crippen molar-refractivity contribution >= 4 is 17.8 Å². The summed E-state index contributed by atoms with van der Waals surface area (Å²) in [5, 5.41) is 2.37. The second kappa shape index (κ2) is 9.21. The minimum Gasteiger partial charge on any atom is -0.467 e. The lowest BCUT2D eigenvalue weighted by atomic mass is 10.0. The summed E-state index contributed by atoms with van der Waals surface area (Å²) in [6.45, 7) is 2.95.